The van der Waals surface area contributed by atoms with Crippen LogP contribution in [0.1, 0.15) is 29.0 Å². The fraction of sp³-hybridized carbons (Fsp3) is 0.188. The van der Waals surface area contributed by atoms with E-state index in [9.17, 15) is 4.79 Å². The molecule has 0 fully saturated rings. The molecule has 1 unspecified atom stereocenters. The number of fused-ring (bicyclic) bond motifs is 1. The average Bonchev–Trinajstić information content (AvgIpc) is 2.97. The van der Waals surface area contributed by atoms with Gasteiger partial charge in [0.25, 0.3) is 0 Å². The van der Waals surface area contributed by atoms with Crippen LogP contribution < -0.4 is 0 Å². The summed E-state index contributed by atoms with van der Waals surface area (Å²) < 4.78 is 6.58. The van der Waals surface area contributed by atoms with E-state index in [0.717, 1.165) is 5.52 Å². The Morgan fingerprint density at radius 3 is 2.67 bits per heavy atom. The maximum Gasteiger partial charge on any atom is 0.356 e. The molecule has 0 saturated heterocycles. The van der Waals surface area contributed by atoms with Crippen LogP contribution in [0.15, 0.2) is 48.7 Å². The molecule has 0 aliphatic rings. The average molecular weight is 281 g/mol. The number of ether oxygens (including phenoxy) is 1. The molecule has 1 atom stereocenters. The lowest BCUT2D eigenvalue weighted by Crippen LogP contribution is -2.08. The zero-order valence-electron chi connectivity index (χ0n) is 11.9. The third kappa shape index (κ3) is 2.38. The van der Waals surface area contributed by atoms with Gasteiger partial charge in [0.15, 0.2) is 0 Å². The van der Waals surface area contributed by atoms with Crippen molar-refractivity contribution in [3.63, 3.8) is 0 Å². The summed E-state index contributed by atoms with van der Waals surface area (Å²) in [4.78, 5) is 15.8. The summed E-state index contributed by atoms with van der Waals surface area (Å²) in [6.07, 6.45) is 1.67. The van der Waals surface area contributed by atoms with E-state index in [-0.39, 0.29) is 11.7 Å². The summed E-state index contributed by atoms with van der Waals surface area (Å²) in [5, 5.41) is 4.40. The monoisotopic (exact) mass is 281 g/mol. The topological polar surface area (TPSA) is 57.0 Å². The van der Waals surface area contributed by atoms with Crippen LogP contribution in [0.2, 0.25) is 0 Å². The van der Waals surface area contributed by atoms with E-state index in [4.69, 9.17) is 0 Å². The summed E-state index contributed by atoms with van der Waals surface area (Å²) in [5.41, 5.74) is 3.02. The van der Waals surface area contributed by atoms with E-state index in [1.54, 1.807) is 12.3 Å². The molecule has 0 radical (unpaired) electrons. The van der Waals surface area contributed by atoms with Gasteiger partial charge in [-0.1, -0.05) is 30.3 Å². The third-order valence-electron chi connectivity index (χ3n) is 3.50. The van der Waals surface area contributed by atoms with Gasteiger partial charge in [-0.05, 0) is 24.6 Å². The Balaban J connectivity index is 2.03. The summed E-state index contributed by atoms with van der Waals surface area (Å²) in [7, 11) is 1.34. The van der Waals surface area contributed by atoms with Crippen molar-refractivity contribution in [2.45, 2.75) is 13.0 Å². The third-order valence-corrected chi connectivity index (χ3v) is 3.50. The number of aromatic nitrogens is 3. The Morgan fingerprint density at radius 1 is 1.19 bits per heavy atom. The second-order valence-electron chi connectivity index (χ2n) is 4.77. The second kappa shape index (κ2) is 5.36. The van der Waals surface area contributed by atoms with Crippen molar-refractivity contribution >= 4 is 17.0 Å². The largest absolute Gasteiger partial charge is 0.464 e. The van der Waals surface area contributed by atoms with Crippen molar-refractivity contribution in [1.29, 1.82) is 0 Å². The van der Waals surface area contributed by atoms with Crippen molar-refractivity contribution in [2.24, 2.45) is 0 Å². The fourth-order valence-corrected chi connectivity index (χ4v) is 2.34. The molecule has 0 N–H and O–H groups in total. The lowest BCUT2D eigenvalue weighted by Gasteiger charge is -2.13. The predicted molar refractivity (Wildman–Crippen MR) is 79.1 cm³/mol. The number of carbonyl (C=O) groups excluding carboxylic acids is 1. The lowest BCUT2D eigenvalue weighted by molar-refractivity contribution is 0.0594. The van der Waals surface area contributed by atoms with Gasteiger partial charge < -0.3 is 4.74 Å². The Hall–Kier alpha value is -2.69. The van der Waals surface area contributed by atoms with Crippen molar-refractivity contribution in [3.05, 3.63) is 59.9 Å². The van der Waals surface area contributed by atoms with Crippen LogP contribution in [0, 0.1) is 0 Å². The van der Waals surface area contributed by atoms with Crippen LogP contribution in [-0.4, -0.2) is 27.8 Å². The lowest BCUT2D eigenvalue weighted by atomic mass is 10.1. The molecule has 21 heavy (non-hydrogen) atoms. The summed E-state index contributed by atoms with van der Waals surface area (Å²) in [5.74, 6) is -0.444. The molecular formula is C16H15N3O2. The number of carbonyl (C=O) groups is 1. The maximum atomic E-state index is 11.5. The number of pyridine rings is 1. The summed E-state index contributed by atoms with van der Waals surface area (Å²) in [6, 6.07) is 13.7. The van der Waals surface area contributed by atoms with Crippen LogP contribution >= 0.6 is 0 Å². The molecule has 0 aliphatic carbocycles. The molecule has 0 bridgehead atoms. The number of rotatable bonds is 3. The van der Waals surface area contributed by atoms with E-state index in [1.807, 2.05) is 28.9 Å². The zero-order valence-corrected chi connectivity index (χ0v) is 11.9. The first-order valence-electron chi connectivity index (χ1n) is 6.68. The predicted octanol–water partition coefficient (Wildman–Crippen LogP) is 2.83. The van der Waals surface area contributed by atoms with Crippen molar-refractivity contribution in [2.75, 3.05) is 7.11 Å². The number of benzene rings is 1. The molecular weight excluding hydrogens is 266 g/mol. The minimum atomic E-state index is -0.444. The molecule has 3 aromatic rings. The number of nitrogens with zero attached hydrogens (tertiary/aromatic N) is 3. The van der Waals surface area contributed by atoms with Crippen LogP contribution in [0.4, 0.5) is 0 Å². The quantitative estimate of drug-likeness (QED) is 0.693. The van der Waals surface area contributed by atoms with Crippen molar-refractivity contribution < 1.29 is 9.53 Å². The smallest absolute Gasteiger partial charge is 0.356 e. The Morgan fingerprint density at radius 2 is 1.95 bits per heavy atom. The maximum absolute atomic E-state index is 11.5. The van der Waals surface area contributed by atoms with Gasteiger partial charge in [-0.25, -0.2) is 9.78 Å². The van der Waals surface area contributed by atoms with E-state index in [0.29, 0.717) is 5.52 Å². The normalized spacial score (nSPS) is 12.3. The van der Waals surface area contributed by atoms with Crippen LogP contribution in [0.5, 0.6) is 0 Å². The van der Waals surface area contributed by atoms with E-state index < -0.39 is 5.97 Å². The minimum Gasteiger partial charge on any atom is -0.464 e. The van der Waals surface area contributed by atoms with Crippen LogP contribution in [0.3, 0.4) is 0 Å². The van der Waals surface area contributed by atoms with Crippen LogP contribution in [0.25, 0.3) is 11.0 Å². The van der Waals surface area contributed by atoms with Crippen molar-refractivity contribution in [1.82, 2.24) is 14.8 Å². The highest BCUT2D eigenvalue weighted by Crippen LogP contribution is 2.22. The molecule has 0 saturated carbocycles. The number of methoxy groups -OCH3 is 1. The molecule has 1 aromatic carbocycles. The van der Waals surface area contributed by atoms with Gasteiger partial charge in [-0.3, -0.25) is 4.68 Å². The zero-order chi connectivity index (χ0) is 14.8. The molecule has 106 valence electrons. The molecule has 0 aliphatic heterocycles. The Kier molecular flexibility index (Phi) is 3.39. The number of hydrogen-bond donors (Lipinski definition) is 0. The van der Waals surface area contributed by atoms with Gasteiger partial charge in [0.1, 0.15) is 11.2 Å². The van der Waals surface area contributed by atoms with E-state index in [2.05, 4.69) is 33.9 Å². The summed E-state index contributed by atoms with van der Waals surface area (Å²) >= 11 is 0. The highest BCUT2D eigenvalue weighted by Gasteiger charge is 2.14. The standard InChI is InChI=1S/C16H15N3O2/c1-11(12-6-4-3-5-7-12)19-15-9-8-13(16(20)21-2)18-14(15)10-17-19/h3-11H,1-2H3. The first-order valence-corrected chi connectivity index (χ1v) is 6.68. The van der Waals surface area contributed by atoms with Gasteiger partial charge in [0.05, 0.1) is 24.9 Å². The van der Waals surface area contributed by atoms with Gasteiger partial charge in [-0.2, -0.15) is 5.10 Å². The minimum absolute atomic E-state index is 0.0921. The first-order chi connectivity index (χ1) is 10.2. The molecule has 3 rings (SSSR count). The number of hydrogen-bond acceptors (Lipinski definition) is 4. The fourth-order valence-electron chi connectivity index (χ4n) is 2.34. The highest BCUT2D eigenvalue weighted by atomic mass is 16.5. The Bertz CT molecular complexity index is 781. The molecule has 2 aromatic heterocycles. The first kappa shape index (κ1) is 13.3. The molecule has 5 nitrogen and oxygen atoms in total. The van der Waals surface area contributed by atoms with Gasteiger partial charge in [0, 0.05) is 0 Å². The van der Waals surface area contributed by atoms with Crippen molar-refractivity contribution in [3.8, 4) is 0 Å². The Labute approximate surface area is 122 Å². The molecule has 0 spiro atoms. The number of esters is 1. The van der Waals surface area contributed by atoms with E-state index >= 15 is 0 Å². The van der Waals surface area contributed by atoms with E-state index in [1.165, 1.54) is 12.7 Å². The molecule has 5 heteroatoms. The molecule has 2 heterocycles. The van der Waals surface area contributed by atoms with Gasteiger partial charge >= 0.3 is 5.97 Å². The SMILES string of the molecule is COC(=O)c1ccc2c(cnn2C(C)c2ccccc2)n1. The summed E-state index contributed by atoms with van der Waals surface area (Å²) in [6.45, 7) is 2.08. The van der Waals surface area contributed by atoms with Gasteiger partial charge in [-0.15, -0.1) is 0 Å². The highest BCUT2D eigenvalue weighted by molar-refractivity contribution is 5.90. The second-order valence-corrected chi connectivity index (χ2v) is 4.77. The molecule has 0 amide bonds. The van der Waals surface area contributed by atoms with Crippen LogP contribution in [-0.2, 0) is 4.74 Å². The van der Waals surface area contributed by atoms with Gasteiger partial charge in [0.2, 0.25) is 0 Å².